The van der Waals surface area contributed by atoms with Crippen LogP contribution in [-0.4, -0.2) is 3.42 Å². The van der Waals surface area contributed by atoms with Crippen LogP contribution in [-0.2, 0) is 0 Å². The van der Waals surface area contributed by atoms with E-state index in [4.69, 9.17) is 5.26 Å². The van der Waals surface area contributed by atoms with Gasteiger partial charge in [-0.05, 0) is 18.3 Å². The molecular weight excluding hydrogens is 273 g/mol. The Hall–Kier alpha value is 0.220. The van der Waals surface area contributed by atoms with Crippen LogP contribution in [0.1, 0.15) is 41.0 Å². The van der Waals surface area contributed by atoms with Gasteiger partial charge in [0.1, 0.15) is 0 Å². The number of halogens is 1. The second-order valence-corrected chi connectivity index (χ2v) is 7.68. The van der Waals surface area contributed by atoms with Crippen molar-refractivity contribution in [3.05, 3.63) is 0 Å². The van der Waals surface area contributed by atoms with E-state index in [0.717, 1.165) is 6.42 Å². The highest BCUT2D eigenvalue weighted by Crippen LogP contribution is 2.32. The molecular formula is C11H20IN. The Bertz CT molecular complexity index is 185. The van der Waals surface area contributed by atoms with Gasteiger partial charge in [0, 0.05) is 3.42 Å². The van der Waals surface area contributed by atoms with Gasteiger partial charge < -0.3 is 0 Å². The topological polar surface area (TPSA) is 23.8 Å². The van der Waals surface area contributed by atoms with Gasteiger partial charge in [0.2, 0.25) is 0 Å². The van der Waals surface area contributed by atoms with Crippen LogP contribution in [0, 0.1) is 29.1 Å². The Morgan fingerprint density at radius 1 is 1.31 bits per heavy atom. The van der Waals surface area contributed by atoms with Crippen LogP contribution in [0.25, 0.3) is 0 Å². The standard InChI is InChI=1S/C11H20IN/c1-8(2)9(3)10(7-13)6-11(4,5)12/h8-10H,6H2,1-5H3. The molecule has 0 amide bonds. The summed E-state index contributed by atoms with van der Waals surface area (Å²) >= 11 is 2.42. The van der Waals surface area contributed by atoms with Crippen molar-refractivity contribution in [2.75, 3.05) is 0 Å². The summed E-state index contributed by atoms with van der Waals surface area (Å²) in [5.74, 6) is 1.30. The number of nitriles is 1. The van der Waals surface area contributed by atoms with Crippen molar-refractivity contribution >= 4 is 22.6 Å². The molecule has 0 aromatic rings. The van der Waals surface area contributed by atoms with Crippen molar-refractivity contribution < 1.29 is 0 Å². The van der Waals surface area contributed by atoms with Crippen molar-refractivity contribution in [1.82, 2.24) is 0 Å². The molecule has 0 spiro atoms. The van der Waals surface area contributed by atoms with Crippen molar-refractivity contribution in [1.29, 1.82) is 5.26 Å². The highest BCUT2D eigenvalue weighted by molar-refractivity contribution is 14.1. The molecule has 0 aliphatic heterocycles. The van der Waals surface area contributed by atoms with Gasteiger partial charge in [0.15, 0.2) is 0 Å². The van der Waals surface area contributed by atoms with E-state index >= 15 is 0 Å². The third kappa shape index (κ3) is 5.51. The first-order chi connectivity index (χ1) is 5.78. The van der Waals surface area contributed by atoms with Crippen LogP contribution >= 0.6 is 22.6 Å². The van der Waals surface area contributed by atoms with Crippen LogP contribution in [0.2, 0.25) is 0 Å². The first-order valence-electron chi connectivity index (χ1n) is 4.86. The third-order valence-electron chi connectivity index (χ3n) is 2.56. The summed E-state index contributed by atoms with van der Waals surface area (Å²) in [6, 6.07) is 2.43. The summed E-state index contributed by atoms with van der Waals surface area (Å²) in [5.41, 5.74) is 0. The van der Waals surface area contributed by atoms with Crippen molar-refractivity contribution in [3.63, 3.8) is 0 Å². The highest BCUT2D eigenvalue weighted by atomic mass is 127. The lowest BCUT2D eigenvalue weighted by molar-refractivity contribution is 0.304. The predicted octanol–water partition coefficient (Wildman–Crippen LogP) is 4.02. The molecule has 76 valence electrons. The van der Waals surface area contributed by atoms with E-state index in [1.165, 1.54) is 0 Å². The molecule has 0 saturated carbocycles. The van der Waals surface area contributed by atoms with E-state index in [1.807, 2.05) is 0 Å². The molecule has 0 heterocycles. The molecule has 1 nitrogen and oxygen atoms in total. The van der Waals surface area contributed by atoms with Gasteiger partial charge in [0.05, 0.1) is 12.0 Å². The van der Waals surface area contributed by atoms with Gasteiger partial charge in [-0.15, -0.1) is 0 Å². The van der Waals surface area contributed by atoms with Crippen molar-refractivity contribution in [3.8, 4) is 6.07 Å². The first-order valence-corrected chi connectivity index (χ1v) is 5.94. The average Bonchev–Trinajstić information content (AvgIpc) is 1.97. The highest BCUT2D eigenvalue weighted by Gasteiger charge is 2.26. The van der Waals surface area contributed by atoms with Crippen LogP contribution < -0.4 is 0 Å². The lowest BCUT2D eigenvalue weighted by atomic mass is 9.81. The molecule has 2 heteroatoms. The Balaban J connectivity index is 4.29. The molecule has 0 N–H and O–H groups in total. The van der Waals surface area contributed by atoms with Gasteiger partial charge in [-0.25, -0.2) is 0 Å². The number of nitrogens with zero attached hydrogens (tertiary/aromatic N) is 1. The molecule has 0 aromatic heterocycles. The SMILES string of the molecule is CC(C)C(C)C(C#N)CC(C)(C)I. The van der Waals surface area contributed by atoms with Crippen molar-refractivity contribution in [2.24, 2.45) is 17.8 Å². The third-order valence-corrected chi connectivity index (χ3v) is 3.00. The Morgan fingerprint density at radius 2 is 1.77 bits per heavy atom. The average molecular weight is 293 g/mol. The molecule has 0 rings (SSSR count). The number of hydrogen-bond acceptors (Lipinski definition) is 1. The largest absolute Gasteiger partial charge is 0.198 e. The minimum atomic E-state index is 0.201. The fourth-order valence-corrected chi connectivity index (χ4v) is 1.81. The normalized spacial score (nSPS) is 16.8. The summed E-state index contributed by atoms with van der Waals surface area (Å²) in [5, 5.41) is 9.06. The molecule has 0 fully saturated rings. The summed E-state index contributed by atoms with van der Waals surface area (Å²) < 4.78 is 0.237. The fraction of sp³-hybridized carbons (Fsp3) is 0.909. The van der Waals surface area contributed by atoms with Gasteiger partial charge in [0.25, 0.3) is 0 Å². The van der Waals surface area contributed by atoms with Crippen LogP contribution in [0.3, 0.4) is 0 Å². The molecule has 0 aromatic carbocycles. The molecule has 0 aliphatic carbocycles. The zero-order valence-electron chi connectivity index (χ0n) is 9.26. The van der Waals surface area contributed by atoms with Crippen LogP contribution in [0.4, 0.5) is 0 Å². The molecule has 2 atom stereocenters. The van der Waals surface area contributed by atoms with Crippen LogP contribution in [0.5, 0.6) is 0 Å². The van der Waals surface area contributed by atoms with E-state index in [9.17, 15) is 0 Å². The molecule has 2 unspecified atom stereocenters. The van der Waals surface area contributed by atoms with E-state index in [1.54, 1.807) is 0 Å². The molecule has 0 saturated heterocycles. The maximum atomic E-state index is 9.06. The van der Waals surface area contributed by atoms with E-state index in [2.05, 4.69) is 63.3 Å². The van der Waals surface area contributed by atoms with Crippen molar-refractivity contribution in [2.45, 2.75) is 44.5 Å². The second kappa shape index (κ2) is 5.19. The number of alkyl halides is 1. The smallest absolute Gasteiger partial charge is 0.0659 e. The molecule has 0 radical (unpaired) electrons. The second-order valence-electron chi connectivity index (χ2n) is 4.76. The Kier molecular flexibility index (Phi) is 5.28. The van der Waals surface area contributed by atoms with E-state index < -0.39 is 0 Å². The maximum absolute atomic E-state index is 9.06. The molecule has 0 aliphatic rings. The zero-order valence-corrected chi connectivity index (χ0v) is 11.4. The zero-order chi connectivity index (χ0) is 10.6. The first kappa shape index (κ1) is 13.2. The maximum Gasteiger partial charge on any atom is 0.0659 e. The summed E-state index contributed by atoms with van der Waals surface area (Å²) in [6.45, 7) is 10.9. The monoisotopic (exact) mass is 293 g/mol. The van der Waals surface area contributed by atoms with Gasteiger partial charge in [-0.1, -0.05) is 57.2 Å². The lowest BCUT2D eigenvalue weighted by Crippen LogP contribution is -2.23. The summed E-state index contributed by atoms with van der Waals surface area (Å²) in [7, 11) is 0. The lowest BCUT2D eigenvalue weighted by Gasteiger charge is -2.26. The summed E-state index contributed by atoms with van der Waals surface area (Å²) in [6.07, 6.45) is 0.989. The predicted molar refractivity (Wildman–Crippen MR) is 65.8 cm³/mol. The number of rotatable bonds is 4. The van der Waals surface area contributed by atoms with Gasteiger partial charge in [-0.3, -0.25) is 0 Å². The van der Waals surface area contributed by atoms with E-state index in [-0.39, 0.29) is 9.34 Å². The quantitative estimate of drug-likeness (QED) is 0.567. The minimum absolute atomic E-state index is 0.201. The van der Waals surface area contributed by atoms with Gasteiger partial charge in [-0.2, -0.15) is 5.26 Å². The Labute approximate surface area is 96.0 Å². The molecule has 0 bridgehead atoms. The Morgan fingerprint density at radius 3 is 2.00 bits per heavy atom. The molecule has 13 heavy (non-hydrogen) atoms. The minimum Gasteiger partial charge on any atom is -0.198 e. The van der Waals surface area contributed by atoms with Gasteiger partial charge >= 0.3 is 0 Å². The van der Waals surface area contributed by atoms with Crippen LogP contribution in [0.15, 0.2) is 0 Å². The van der Waals surface area contributed by atoms with E-state index in [0.29, 0.717) is 11.8 Å². The summed E-state index contributed by atoms with van der Waals surface area (Å²) in [4.78, 5) is 0. The number of hydrogen-bond donors (Lipinski definition) is 0. The fourth-order valence-electron chi connectivity index (χ4n) is 1.34.